The summed E-state index contributed by atoms with van der Waals surface area (Å²) in [5.74, 6) is 1.28. The molecule has 2 aliphatic heterocycles. The smallest absolute Gasteiger partial charge is 0.255 e. The van der Waals surface area contributed by atoms with Crippen molar-refractivity contribution in [2.75, 3.05) is 12.3 Å². The Kier molecular flexibility index (Phi) is 2.64. The van der Waals surface area contributed by atoms with Crippen LogP contribution in [0.5, 0.6) is 0 Å². The van der Waals surface area contributed by atoms with E-state index in [0.717, 1.165) is 22.8 Å². The van der Waals surface area contributed by atoms with Gasteiger partial charge in [-0.15, -0.1) is 23.5 Å². The molecule has 0 saturated carbocycles. The zero-order chi connectivity index (χ0) is 11.1. The van der Waals surface area contributed by atoms with Gasteiger partial charge in [0.2, 0.25) is 0 Å². The summed E-state index contributed by atoms with van der Waals surface area (Å²) in [6.45, 7) is 3.11. The number of thioether (sulfide) groups is 2. The van der Waals surface area contributed by atoms with Gasteiger partial charge in [-0.25, -0.2) is 0 Å². The normalized spacial score (nSPS) is 28.6. The lowest BCUT2D eigenvalue weighted by molar-refractivity contribution is 0.0761. The SMILES string of the molecule is CC1Sc2ccccc2C(=O)N2CCSC12. The molecule has 3 rings (SSSR count). The Balaban J connectivity index is 2.08. The molecule has 0 bridgehead atoms. The van der Waals surface area contributed by atoms with E-state index in [1.807, 2.05) is 46.6 Å². The van der Waals surface area contributed by atoms with Crippen molar-refractivity contribution in [1.29, 1.82) is 0 Å². The van der Waals surface area contributed by atoms with E-state index in [0.29, 0.717) is 10.6 Å². The number of benzene rings is 1. The van der Waals surface area contributed by atoms with Crippen LogP contribution in [0.25, 0.3) is 0 Å². The highest BCUT2D eigenvalue weighted by atomic mass is 32.2. The van der Waals surface area contributed by atoms with Crippen molar-refractivity contribution >= 4 is 29.4 Å². The van der Waals surface area contributed by atoms with E-state index in [2.05, 4.69) is 13.0 Å². The number of fused-ring (bicyclic) bond motifs is 2. The lowest BCUT2D eigenvalue weighted by atomic mass is 10.2. The molecule has 4 heteroatoms. The van der Waals surface area contributed by atoms with Gasteiger partial charge in [0.1, 0.15) is 0 Å². The minimum Gasteiger partial charge on any atom is -0.325 e. The van der Waals surface area contributed by atoms with Crippen LogP contribution in [-0.2, 0) is 0 Å². The summed E-state index contributed by atoms with van der Waals surface area (Å²) in [5.41, 5.74) is 0.879. The Bertz CT molecular complexity index is 435. The fraction of sp³-hybridized carbons (Fsp3) is 0.417. The maximum Gasteiger partial charge on any atom is 0.255 e. The van der Waals surface area contributed by atoms with Crippen LogP contribution in [0.2, 0.25) is 0 Å². The van der Waals surface area contributed by atoms with Gasteiger partial charge in [-0.05, 0) is 12.1 Å². The van der Waals surface area contributed by atoms with Gasteiger partial charge in [0, 0.05) is 22.4 Å². The van der Waals surface area contributed by atoms with Gasteiger partial charge >= 0.3 is 0 Å². The van der Waals surface area contributed by atoms with E-state index < -0.39 is 0 Å². The van der Waals surface area contributed by atoms with Crippen molar-refractivity contribution in [3.63, 3.8) is 0 Å². The Morgan fingerprint density at radius 1 is 1.38 bits per heavy atom. The molecular formula is C12H13NOS2. The standard InChI is InChI=1S/C12H13NOS2/c1-8-12-13(6-7-15-12)11(14)9-4-2-3-5-10(9)16-8/h2-5,8,12H,6-7H2,1H3. The number of carbonyl (C=O) groups excluding carboxylic acids is 1. The number of hydrogen-bond acceptors (Lipinski definition) is 3. The van der Waals surface area contributed by atoms with Crippen LogP contribution in [0.15, 0.2) is 29.2 Å². The average Bonchev–Trinajstić information content (AvgIpc) is 2.74. The minimum absolute atomic E-state index is 0.211. The maximum absolute atomic E-state index is 12.4. The molecule has 0 N–H and O–H groups in total. The van der Waals surface area contributed by atoms with Gasteiger partial charge in [-0.2, -0.15) is 0 Å². The molecule has 84 valence electrons. The summed E-state index contributed by atoms with van der Waals surface area (Å²) in [5, 5.41) is 0.824. The van der Waals surface area contributed by atoms with Gasteiger partial charge in [-0.1, -0.05) is 19.1 Å². The highest BCUT2D eigenvalue weighted by molar-refractivity contribution is 8.04. The molecule has 0 spiro atoms. The van der Waals surface area contributed by atoms with E-state index in [1.165, 1.54) is 0 Å². The third-order valence-corrected chi connectivity index (χ3v) is 5.86. The summed E-state index contributed by atoms with van der Waals surface area (Å²) in [7, 11) is 0. The van der Waals surface area contributed by atoms with E-state index in [1.54, 1.807) is 0 Å². The van der Waals surface area contributed by atoms with Crippen LogP contribution in [0, 0.1) is 0 Å². The Labute approximate surface area is 104 Å². The number of carbonyl (C=O) groups is 1. The highest BCUT2D eigenvalue weighted by Crippen LogP contribution is 2.41. The molecule has 1 amide bonds. The predicted molar refractivity (Wildman–Crippen MR) is 69.0 cm³/mol. The first kappa shape index (κ1) is 10.5. The summed E-state index contributed by atoms with van der Waals surface area (Å²) >= 11 is 3.74. The number of rotatable bonds is 0. The lowest BCUT2D eigenvalue weighted by Gasteiger charge is -2.24. The molecule has 0 aromatic heterocycles. The Hall–Kier alpha value is -0.610. The highest BCUT2D eigenvalue weighted by Gasteiger charge is 2.37. The fourth-order valence-electron chi connectivity index (χ4n) is 2.25. The van der Waals surface area contributed by atoms with E-state index in [4.69, 9.17) is 0 Å². The average molecular weight is 251 g/mol. The number of amides is 1. The quantitative estimate of drug-likeness (QED) is 0.707. The molecule has 1 saturated heterocycles. The molecule has 1 fully saturated rings. The molecule has 16 heavy (non-hydrogen) atoms. The zero-order valence-electron chi connectivity index (χ0n) is 9.05. The Morgan fingerprint density at radius 2 is 2.19 bits per heavy atom. The van der Waals surface area contributed by atoms with Crippen LogP contribution in [0.3, 0.4) is 0 Å². The molecular weight excluding hydrogens is 238 g/mol. The van der Waals surface area contributed by atoms with E-state index >= 15 is 0 Å². The second-order valence-electron chi connectivity index (χ2n) is 4.08. The minimum atomic E-state index is 0.211. The van der Waals surface area contributed by atoms with Crippen LogP contribution >= 0.6 is 23.5 Å². The molecule has 0 aliphatic carbocycles. The van der Waals surface area contributed by atoms with Crippen molar-refractivity contribution in [2.45, 2.75) is 22.4 Å². The topological polar surface area (TPSA) is 20.3 Å². The fourth-order valence-corrected chi connectivity index (χ4v) is 4.96. The first-order chi connectivity index (χ1) is 7.77. The van der Waals surface area contributed by atoms with Crippen molar-refractivity contribution in [1.82, 2.24) is 4.90 Å². The van der Waals surface area contributed by atoms with Gasteiger partial charge in [0.25, 0.3) is 5.91 Å². The molecule has 1 aromatic rings. The van der Waals surface area contributed by atoms with Gasteiger partial charge in [0.05, 0.1) is 10.9 Å². The van der Waals surface area contributed by atoms with Crippen LogP contribution in [-0.4, -0.2) is 33.7 Å². The first-order valence-electron chi connectivity index (χ1n) is 5.45. The molecule has 2 atom stereocenters. The van der Waals surface area contributed by atoms with Crippen LogP contribution in [0.4, 0.5) is 0 Å². The second kappa shape index (κ2) is 4.00. The van der Waals surface area contributed by atoms with Crippen molar-refractivity contribution in [2.24, 2.45) is 0 Å². The maximum atomic E-state index is 12.4. The first-order valence-corrected chi connectivity index (χ1v) is 7.38. The van der Waals surface area contributed by atoms with Crippen LogP contribution in [0.1, 0.15) is 17.3 Å². The van der Waals surface area contributed by atoms with Crippen molar-refractivity contribution < 1.29 is 4.79 Å². The largest absolute Gasteiger partial charge is 0.325 e. The van der Waals surface area contributed by atoms with E-state index in [-0.39, 0.29) is 5.91 Å². The molecule has 0 radical (unpaired) electrons. The number of nitrogens with zero attached hydrogens (tertiary/aromatic N) is 1. The third-order valence-electron chi connectivity index (χ3n) is 3.02. The third kappa shape index (κ3) is 1.55. The second-order valence-corrected chi connectivity index (χ2v) is 6.72. The molecule has 2 aliphatic rings. The number of hydrogen-bond donors (Lipinski definition) is 0. The lowest BCUT2D eigenvalue weighted by Crippen LogP contribution is -2.37. The Morgan fingerprint density at radius 3 is 3.06 bits per heavy atom. The summed E-state index contributed by atoms with van der Waals surface area (Å²) < 4.78 is 0. The van der Waals surface area contributed by atoms with Gasteiger partial charge in [0.15, 0.2) is 0 Å². The zero-order valence-corrected chi connectivity index (χ0v) is 10.7. The molecule has 2 nitrogen and oxygen atoms in total. The van der Waals surface area contributed by atoms with Gasteiger partial charge in [-0.3, -0.25) is 4.79 Å². The van der Waals surface area contributed by atoms with Crippen molar-refractivity contribution in [3.8, 4) is 0 Å². The monoisotopic (exact) mass is 251 g/mol. The molecule has 2 unspecified atom stereocenters. The molecule has 1 aromatic carbocycles. The van der Waals surface area contributed by atoms with Crippen molar-refractivity contribution in [3.05, 3.63) is 29.8 Å². The summed E-state index contributed by atoms with van der Waals surface area (Å²) in [4.78, 5) is 15.5. The molecule has 2 heterocycles. The summed E-state index contributed by atoms with van der Waals surface area (Å²) in [6.07, 6.45) is 0. The summed E-state index contributed by atoms with van der Waals surface area (Å²) in [6, 6.07) is 7.96. The predicted octanol–water partition coefficient (Wildman–Crippen LogP) is 2.70. The van der Waals surface area contributed by atoms with Gasteiger partial charge < -0.3 is 4.90 Å². The van der Waals surface area contributed by atoms with Crippen LogP contribution < -0.4 is 0 Å². The van der Waals surface area contributed by atoms with E-state index in [9.17, 15) is 4.79 Å².